The van der Waals surface area contributed by atoms with Crippen molar-refractivity contribution < 1.29 is 9.47 Å². The number of morpholine rings is 1. The largest absolute Gasteiger partial charge is 0.496 e. The van der Waals surface area contributed by atoms with Crippen molar-refractivity contribution in [3.8, 4) is 5.75 Å². The van der Waals surface area contributed by atoms with E-state index in [1.165, 1.54) is 17.5 Å². The van der Waals surface area contributed by atoms with Crippen molar-refractivity contribution >= 4 is 0 Å². The summed E-state index contributed by atoms with van der Waals surface area (Å²) in [6, 6.07) is 8.85. The van der Waals surface area contributed by atoms with Gasteiger partial charge in [0.25, 0.3) is 0 Å². The van der Waals surface area contributed by atoms with Gasteiger partial charge in [-0.3, -0.25) is 9.58 Å². The van der Waals surface area contributed by atoms with Crippen LogP contribution >= 0.6 is 0 Å². The molecule has 2 heterocycles. The lowest BCUT2D eigenvalue weighted by Gasteiger charge is -2.47. The van der Waals surface area contributed by atoms with Crippen LogP contribution in [0.1, 0.15) is 24.5 Å². The summed E-state index contributed by atoms with van der Waals surface area (Å²) in [6.45, 7) is 5.18. The van der Waals surface area contributed by atoms with E-state index in [-0.39, 0.29) is 12.2 Å². The van der Waals surface area contributed by atoms with Crippen molar-refractivity contribution in [2.75, 3.05) is 20.2 Å². The van der Waals surface area contributed by atoms with Crippen molar-refractivity contribution in [2.24, 2.45) is 0 Å². The third kappa shape index (κ3) is 3.31. The lowest BCUT2D eigenvalue weighted by Crippen LogP contribution is -2.58. The van der Waals surface area contributed by atoms with E-state index in [9.17, 15) is 0 Å². The third-order valence-electron chi connectivity index (χ3n) is 5.45. The normalized spacial score (nSPS) is 26.1. The Morgan fingerprint density at radius 1 is 1.28 bits per heavy atom. The highest BCUT2D eigenvalue weighted by molar-refractivity contribution is 5.43. The number of nitrogens with zero attached hydrogens (tertiary/aromatic N) is 3. The second-order valence-electron chi connectivity index (χ2n) is 7.09. The summed E-state index contributed by atoms with van der Waals surface area (Å²) in [4.78, 5) is 2.63. The summed E-state index contributed by atoms with van der Waals surface area (Å²) in [5.41, 5.74) is 2.73. The fourth-order valence-corrected chi connectivity index (χ4v) is 4.37. The average Bonchev–Trinajstić information content (AvgIpc) is 3.13. The van der Waals surface area contributed by atoms with Crippen LogP contribution in [0.5, 0.6) is 5.75 Å². The molecule has 1 aromatic heterocycles. The fraction of sp³-hybridized carbons (Fsp3) is 0.550. The molecule has 2 aliphatic rings. The molecule has 1 aliphatic heterocycles. The van der Waals surface area contributed by atoms with Gasteiger partial charge in [-0.1, -0.05) is 19.1 Å². The molecule has 0 unspecified atom stereocenters. The van der Waals surface area contributed by atoms with Gasteiger partial charge in [0.05, 0.1) is 25.9 Å². The lowest BCUT2D eigenvalue weighted by atomic mass is 9.83. The number of hydrogen-bond donors (Lipinski definition) is 0. The van der Waals surface area contributed by atoms with Crippen LogP contribution in [0.25, 0.3) is 0 Å². The van der Waals surface area contributed by atoms with Gasteiger partial charge < -0.3 is 9.47 Å². The molecule has 1 fully saturated rings. The maximum Gasteiger partial charge on any atom is 0.122 e. The van der Waals surface area contributed by atoms with Crippen LogP contribution in [0.15, 0.2) is 36.7 Å². The monoisotopic (exact) mass is 341 g/mol. The predicted molar refractivity (Wildman–Crippen MR) is 96.9 cm³/mol. The summed E-state index contributed by atoms with van der Waals surface area (Å²) in [6.07, 6.45) is 7.40. The molecule has 0 saturated carbocycles. The zero-order chi connectivity index (χ0) is 17.2. The molecule has 1 aliphatic carbocycles. The number of fused-ring (bicyclic) bond motifs is 2. The molecule has 3 atom stereocenters. The zero-order valence-corrected chi connectivity index (χ0v) is 15.1. The van der Waals surface area contributed by atoms with Crippen molar-refractivity contribution in [2.45, 2.75) is 51.0 Å². The number of methoxy groups -OCH3 is 1. The summed E-state index contributed by atoms with van der Waals surface area (Å²) >= 11 is 0. The third-order valence-corrected chi connectivity index (χ3v) is 5.45. The van der Waals surface area contributed by atoms with E-state index in [2.05, 4.69) is 35.1 Å². The molecule has 5 nitrogen and oxygen atoms in total. The fourth-order valence-electron chi connectivity index (χ4n) is 4.37. The SMILES string of the molecule is CCCN1C[C@@H](Cn2cccn2)O[C@@H]2Cc3c(cccc3OC)C[C@H]21. The Hall–Kier alpha value is -1.85. The molecule has 0 spiro atoms. The molecular formula is C20H27N3O2. The molecule has 0 N–H and O–H groups in total. The molecule has 1 aromatic carbocycles. The van der Waals surface area contributed by atoms with Crippen LogP contribution in [0.3, 0.4) is 0 Å². The molecule has 25 heavy (non-hydrogen) atoms. The van der Waals surface area contributed by atoms with Crippen LogP contribution in [0, 0.1) is 0 Å². The van der Waals surface area contributed by atoms with Gasteiger partial charge >= 0.3 is 0 Å². The predicted octanol–water partition coefficient (Wildman–Crippen LogP) is 2.54. The van der Waals surface area contributed by atoms with E-state index < -0.39 is 0 Å². The molecule has 134 valence electrons. The minimum atomic E-state index is 0.184. The van der Waals surface area contributed by atoms with Gasteiger partial charge in [-0.2, -0.15) is 5.10 Å². The Morgan fingerprint density at radius 2 is 2.20 bits per heavy atom. The van der Waals surface area contributed by atoms with Crippen LogP contribution in [-0.2, 0) is 24.1 Å². The van der Waals surface area contributed by atoms with Crippen molar-refractivity contribution in [1.29, 1.82) is 0 Å². The lowest BCUT2D eigenvalue weighted by molar-refractivity contribution is -0.128. The molecule has 5 heteroatoms. The van der Waals surface area contributed by atoms with Gasteiger partial charge in [-0.25, -0.2) is 0 Å². The number of ether oxygens (including phenoxy) is 2. The maximum atomic E-state index is 6.54. The standard InChI is InChI=1S/C20H27N3O2/c1-3-9-22-13-16(14-23-10-5-8-21-23)25-20-12-17-15(11-18(20)22)6-4-7-19(17)24-2/h4-8,10,16,18,20H,3,9,11-14H2,1-2H3/t16-,18+,20+/m0/s1. The zero-order valence-electron chi connectivity index (χ0n) is 15.1. The topological polar surface area (TPSA) is 39.5 Å². The number of rotatable bonds is 5. The van der Waals surface area contributed by atoms with Crippen molar-refractivity contribution in [3.63, 3.8) is 0 Å². The van der Waals surface area contributed by atoms with E-state index in [4.69, 9.17) is 9.47 Å². The first-order chi connectivity index (χ1) is 12.3. The Labute approximate surface area is 149 Å². The van der Waals surface area contributed by atoms with Gasteiger partial charge in [0, 0.05) is 31.4 Å². The van der Waals surface area contributed by atoms with Crippen LogP contribution in [-0.4, -0.2) is 53.1 Å². The average molecular weight is 341 g/mol. The highest BCUT2D eigenvalue weighted by Gasteiger charge is 2.40. The second-order valence-corrected chi connectivity index (χ2v) is 7.09. The van der Waals surface area contributed by atoms with Gasteiger partial charge in [0.1, 0.15) is 5.75 Å². The second kappa shape index (κ2) is 7.18. The Balaban J connectivity index is 1.58. The van der Waals surface area contributed by atoms with E-state index in [1.807, 2.05) is 23.1 Å². The van der Waals surface area contributed by atoms with Crippen molar-refractivity contribution in [3.05, 3.63) is 47.8 Å². The van der Waals surface area contributed by atoms with Gasteiger partial charge in [0.2, 0.25) is 0 Å². The highest BCUT2D eigenvalue weighted by atomic mass is 16.5. The number of hydrogen-bond acceptors (Lipinski definition) is 4. The van der Waals surface area contributed by atoms with Crippen molar-refractivity contribution in [1.82, 2.24) is 14.7 Å². The number of benzene rings is 1. The van der Waals surface area contributed by atoms with E-state index in [0.29, 0.717) is 6.04 Å². The minimum absolute atomic E-state index is 0.184. The minimum Gasteiger partial charge on any atom is -0.496 e. The Morgan fingerprint density at radius 3 is 2.96 bits per heavy atom. The summed E-state index contributed by atoms with van der Waals surface area (Å²) < 4.78 is 14.1. The number of aromatic nitrogens is 2. The first kappa shape index (κ1) is 16.6. The summed E-state index contributed by atoms with van der Waals surface area (Å²) in [7, 11) is 1.76. The highest BCUT2D eigenvalue weighted by Crippen LogP contribution is 2.35. The first-order valence-corrected chi connectivity index (χ1v) is 9.30. The molecular weight excluding hydrogens is 314 g/mol. The van der Waals surface area contributed by atoms with E-state index in [1.54, 1.807) is 7.11 Å². The molecule has 4 rings (SSSR count). The smallest absolute Gasteiger partial charge is 0.122 e. The molecule has 2 aromatic rings. The Bertz CT molecular complexity index is 701. The van der Waals surface area contributed by atoms with E-state index >= 15 is 0 Å². The Kier molecular flexibility index (Phi) is 4.77. The van der Waals surface area contributed by atoms with Crippen LogP contribution in [0.4, 0.5) is 0 Å². The van der Waals surface area contributed by atoms with Crippen LogP contribution in [0.2, 0.25) is 0 Å². The van der Waals surface area contributed by atoms with Crippen LogP contribution < -0.4 is 4.74 Å². The molecule has 0 amide bonds. The summed E-state index contributed by atoms with van der Waals surface area (Å²) in [5.74, 6) is 0.996. The van der Waals surface area contributed by atoms with Gasteiger partial charge in [-0.15, -0.1) is 0 Å². The van der Waals surface area contributed by atoms with E-state index in [0.717, 1.165) is 38.2 Å². The van der Waals surface area contributed by atoms with Gasteiger partial charge in [0.15, 0.2) is 0 Å². The quantitative estimate of drug-likeness (QED) is 0.838. The van der Waals surface area contributed by atoms with Gasteiger partial charge in [-0.05, 0) is 42.6 Å². The maximum absolute atomic E-state index is 6.54. The first-order valence-electron chi connectivity index (χ1n) is 9.30. The molecule has 0 bridgehead atoms. The molecule has 1 saturated heterocycles. The molecule has 0 radical (unpaired) electrons. The summed E-state index contributed by atoms with van der Waals surface area (Å²) in [5, 5.41) is 4.35.